The predicted octanol–water partition coefficient (Wildman–Crippen LogP) is 2.71. The van der Waals surface area contributed by atoms with Crippen LogP contribution in [0.2, 0.25) is 0 Å². The highest BCUT2D eigenvalue weighted by atomic mass is 32.2. The maximum Gasteiger partial charge on any atom is 0.108 e. The van der Waals surface area contributed by atoms with Gasteiger partial charge in [-0.15, -0.1) is 0 Å². The standard InChI is InChI=1S/C13H14OS/c1-2-6-12(7-3-1)10-14-9-5-4-8-13-11-15-13/h1-3,6-7,13H,8-11H2. The van der Waals surface area contributed by atoms with Gasteiger partial charge in [0.2, 0.25) is 0 Å². The highest BCUT2D eigenvalue weighted by molar-refractivity contribution is 8.06. The van der Waals surface area contributed by atoms with Gasteiger partial charge in [0, 0.05) is 17.4 Å². The zero-order valence-electron chi connectivity index (χ0n) is 8.61. The van der Waals surface area contributed by atoms with Crippen LogP contribution in [0.1, 0.15) is 12.0 Å². The summed E-state index contributed by atoms with van der Waals surface area (Å²) in [5, 5.41) is 0.812. The molecule has 1 aromatic rings. The van der Waals surface area contributed by atoms with Gasteiger partial charge in [-0.3, -0.25) is 0 Å². The molecule has 2 rings (SSSR count). The Morgan fingerprint density at radius 2 is 2.07 bits per heavy atom. The molecule has 0 bridgehead atoms. The number of thioether (sulfide) groups is 1. The zero-order chi connectivity index (χ0) is 10.3. The van der Waals surface area contributed by atoms with Crippen molar-refractivity contribution in [3.05, 3.63) is 35.9 Å². The lowest BCUT2D eigenvalue weighted by Gasteiger charge is -1.98. The second kappa shape index (κ2) is 5.85. The molecule has 1 aliphatic heterocycles. The Morgan fingerprint density at radius 3 is 2.80 bits per heavy atom. The third kappa shape index (κ3) is 4.42. The summed E-state index contributed by atoms with van der Waals surface area (Å²) >= 11 is 1.99. The van der Waals surface area contributed by atoms with Gasteiger partial charge in [0.25, 0.3) is 0 Å². The Balaban J connectivity index is 1.59. The molecular formula is C13H14OS. The molecule has 0 amide bonds. The van der Waals surface area contributed by atoms with Gasteiger partial charge < -0.3 is 4.74 Å². The fourth-order valence-electron chi connectivity index (χ4n) is 1.22. The van der Waals surface area contributed by atoms with Gasteiger partial charge in [0.1, 0.15) is 6.61 Å². The molecule has 1 heterocycles. The van der Waals surface area contributed by atoms with Crippen molar-refractivity contribution < 1.29 is 4.74 Å². The molecule has 1 nitrogen and oxygen atoms in total. The van der Waals surface area contributed by atoms with Gasteiger partial charge in [-0.2, -0.15) is 11.8 Å². The third-order valence-corrected chi connectivity index (χ3v) is 3.11. The molecule has 1 aliphatic rings. The predicted molar refractivity (Wildman–Crippen MR) is 64.7 cm³/mol. The van der Waals surface area contributed by atoms with E-state index in [9.17, 15) is 0 Å². The van der Waals surface area contributed by atoms with E-state index in [1.807, 2.05) is 30.0 Å². The first-order valence-corrected chi connectivity index (χ1v) is 6.19. The monoisotopic (exact) mass is 218 g/mol. The van der Waals surface area contributed by atoms with E-state index in [4.69, 9.17) is 4.74 Å². The fourth-order valence-corrected chi connectivity index (χ4v) is 1.67. The number of hydrogen-bond acceptors (Lipinski definition) is 2. The Kier molecular flexibility index (Phi) is 4.13. The summed E-state index contributed by atoms with van der Waals surface area (Å²) in [4.78, 5) is 0. The van der Waals surface area contributed by atoms with Gasteiger partial charge in [-0.05, 0) is 5.56 Å². The Bertz CT molecular complexity index is 346. The lowest BCUT2D eigenvalue weighted by Crippen LogP contribution is -1.92. The summed E-state index contributed by atoms with van der Waals surface area (Å²) in [7, 11) is 0. The smallest absolute Gasteiger partial charge is 0.108 e. The zero-order valence-corrected chi connectivity index (χ0v) is 9.43. The van der Waals surface area contributed by atoms with Crippen molar-refractivity contribution in [2.75, 3.05) is 12.4 Å². The van der Waals surface area contributed by atoms with Gasteiger partial charge in [-0.1, -0.05) is 42.2 Å². The van der Waals surface area contributed by atoms with Crippen molar-refractivity contribution in [2.24, 2.45) is 0 Å². The Morgan fingerprint density at radius 1 is 1.27 bits per heavy atom. The summed E-state index contributed by atoms with van der Waals surface area (Å²) in [6.07, 6.45) is 1.03. The molecule has 2 heteroatoms. The SMILES string of the molecule is C(#CCC1CS1)COCc1ccccc1. The van der Waals surface area contributed by atoms with E-state index in [0.717, 1.165) is 11.7 Å². The van der Waals surface area contributed by atoms with Crippen molar-refractivity contribution in [2.45, 2.75) is 18.3 Å². The van der Waals surface area contributed by atoms with Crippen molar-refractivity contribution in [3.63, 3.8) is 0 Å². The fraction of sp³-hybridized carbons (Fsp3) is 0.385. The van der Waals surface area contributed by atoms with E-state index in [1.54, 1.807) is 0 Å². The van der Waals surface area contributed by atoms with Gasteiger partial charge in [0.05, 0.1) is 6.61 Å². The van der Waals surface area contributed by atoms with Gasteiger partial charge in [-0.25, -0.2) is 0 Å². The Hall–Kier alpha value is -0.910. The van der Waals surface area contributed by atoms with Crippen LogP contribution in [0.3, 0.4) is 0 Å². The molecule has 1 saturated heterocycles. The van der Waals surface area contributed by atoms with Gasteiger partial charge >= 0.3 is 0 Å². The highest BCUT2D eigenvalue weighted by Crippen LogP contribution is 2.32. The molecule has 1 unspecified atom stereocenters. The lowest BCUT2D eigenvalue weighted by molar-refractivity contribution is 0.153. The minimum absolute atomic E-state index is 0.548. The van der Waals surface area contributed by atoms with Crippen LogP contribution in [0.15, 0.2) is 30.3 Å². The molecule has 0 radical (unpaired) electrons. The van der Waals surface area contributed by atoms with Crippen LogP contribution in [-0.2, 0) is 11.3 Å². The van der Waals surface area contributed by atoms with Crippen molar-refractivity contribution >= 4 is 11.8 Å². The number of hydrogen-bond donors (Lipinski definition) is 0. The van der Waals surface area contributed by atoms with Crippen molar-refractivity contribution in [1.29, 1.82) is 0 Å². The van der Waals surface area contributed by atoms with Crippen LogP contribution in [0, 0.1) is 11.8 Å². The quantitative estimate of drug-likeness (QED) is 0.436. The molecule has 0 saturated carbocycles. The van der Waals surface area contributed by atoms with Crippen LogP contribution in [-0.4, -0.2) is 17.6 Å². The van der Waals surface area contributed by atoms with Crippen LogP contribution in [0.5, 0.6) is 0 Å². The van der Waals surface area contributed by atoms with Crippen LogP contribution in [0.25, 0.3) is 0 Å². The molecule has 1 fully saturated rings. The highest BCUT2D eigenvalue weighted by Gasteiger charge is 2.20. The summed E-state index contributed by atoms with van der Waals surface area (Å²) in [6.45, 7) is 1.21. The minimum atomic E-state index is 0.548. The van der Waals surface area contributed by atoms with Gasteiger partial charge in [0.15, 0.2) is 0 Å². The van der Waals surface area contributed by atoms with Crippen molar-refractivity contribution in [3.8, 4) is 11.8 Å². The van der Waals surface area contributed by atoms with E-state index in [1.165, 1.54) is 11.3 Å². The van der Waals surface area contributed by atoms with E-state index in [2.05, 4.69) is 24.0 Å². The first kappa shape index (κ1) is 10.6. The average molecular weight is 218 g/mol. The number of ether oxygens (including phenoxy) is 1. The van der Waals surface area contributed by atoms with E-state index < -0.39 is 0 Å². The maximum absolute atomic E-state index is 5.44. The molecular weight excluding hydrogens is 204 g/mol. The summed E-state index contributed by atoms with van der Waals surface area (Å²) < 4.78 is 5.44. The summed E-state index contributed by atoms with van der Waals surface area (Å²) in [6, 6.07) is 10.2. The molecule has 0 aromatic heterocycles. The third-order valence-electron chi connectivity index (χ3n) is 2.14. The van der Waals surface area contributed by atoms with E-state index in [-0.39, 0.29) is 0 Å². The average Bonchev–Trinajstić information content (AvgIpc) is 3.09. The lowest BCUT2D eigenvalue weighted by atomic mass is 10.2. The summed E-state index contributed by atoms with van der Waals surface area (Å²) in [5.74, 6) is 7.47. The normalized spacial score (nSPS) is 18.0. The molecule has 0 N–H and O–H groups in total. The number of rotatable bonds is 4. The number of benzene rings is 1. The van der Waals surface area contributed by atoms with Crippen LogP contribution in [0.4, 0.5) is 0 Å². The van der Waals surface area contributed by atoms with E-state index in [0.29, 0.717) is 13.2 Å². The molecule has 78 valence electrons. The molecule has 1 aromatic carbocycles. The second-order valence-corrected chi connectivity index (χ2v) is 4.82. The Labute approximate surface area is 95.2 Å². The maximum atomic E-state index is 5.44. The molecule has 0 spiro atoms. The largest absolute Gasteiger partial charge is 0.364 e. The first-order valence-electron chi connectivity index (χ1n) is 5.14. The first-order chi connectivity index (χ1) is 7.45. The van der Waals surface area contributed by atoms with E-state index >= 15 is 0 Å². The molecule has 15 heavy (non-hydrogen) atoms. The van der Waals surface area contributed by atoms with Crippen LogP contribution >= 0.6 is 11.8 Å². The molecule has 0 aliphatic carbocycles. The molecule has 1 atom stereocenters. The summed E-state index contributed by atoms with van der Waals surface area (Å²) in [5.41, 5.74) is 1.21. The van der Waals surface area contributed by atoms with Crippen molar-refractivity contribution in [1.82, 2.24) is 0 Å². The minimum Gasteiger partial charge on any atom is -0.364 e. The van der Waals surface area contributed by atoms with Crippen LogP contribution < -0.4 is 0 Å². The second-order valence-electron chi connectivity index (χ2n) is 3.49. The topological polar surface area (TPSA) is 9.23 Å².